The third-order valence-electron chi connectivity index (χ3n) is 1.62. The molecule has 0 N–H and O–H groups in total. The van der Waals surface area contributed by atoms with E-state index in [0.717, 1.165) is 71.5 Å². The van der Waals surface area contributed by atoms with Gasteiger partial charge in [0, 0.05) is 0 Å². The third-order valence-corrected chi connectivity index (χ3v) is 79.0. The van der Waals surface area contributed by atoms with E-state index in [1.54, 1.807) is 5.32 Å². The first-order valence-corrected chi connectivity index (χ1v) is 28.8. The van der Waals surface area contributed by atoms with E-state index in [1.165, 1.54) is 19.3 Å². The fraction of sp³-hybridized carbons (Fsp3) is 0.400. The van der Waals surface area contributed by atoms with Crippen molar-refractivity contribution in [1.82, 2.24) is 0 Å². The Morgan fingerprint density at radius 3 is 2.62 bits per heavy atom. The quantitative estimate of drug-likeness (QED) is 0.361. The molecule has 0 aromatic heterocycles. The van der Waals surface area contributed by atoms with Crippen molar-refractivity contribution in [2.45, 2.75) is 24.6 Å². The van der Waals surface area contributed by atoms with Crippen molar-refractivity contribution in [2.24, 2.45) is 0 Å². The predicted octanol–water partition coefficient (Wildman–Crippen LogP) is 1.01. The second-order valence-corrected chi connectivity index (χ2v) is 47.7. The SMILES string of the molecule is C1=C/C=C/CCCC[Se][Se][Se][Se][Se][Se]C=C1. The number of allylic oxidation sites excluding steroid dienone is 5. The average molecular weight is 608 g/mol. The molecule has 0 spiro atoms. The van der Waals surface area contributed by atoms with E-state index in [4.69, 9.17) is 0 Å². The molecule has 0 bridgehead atoms. The van der Waals surface area contributed by atoms with E-state index >= 15 is 0 Å². The molecule has 90 valence electrons. The van der Waals surface area contributed by atoms with Gasteiger partial charge < -0.3 is 0 Å². The summed E-state index contributed by atoms with van der Waals surface area (Å²) in [6.45, 7) is 0. The molecule has 1 heterocycles. The van der Waals surface area contributed by atoms with Gasteiger partial charge in [-0.1, -0.05) is 0 Å². The van der Waals surface area contributed by atoms with Crippen LogP contribution in [-0.2, 0) is 0 Å². The molecule has 6 heteroatoms. The second-order valence-electron chi connectivity index (χ2n) is 2.83. The van der Waals surface area contributed by atoms with E-state index in [1.807, 2.05) is 0 Å². The van der Waals surface area contributed by atoms with Gasteiger partial charge in [-0.2, -0.15) is 0 Å². The Bertz CT molecular complexity index is 211. The molecule has 0 amide bonds. The Kier molecular flexibility index (Phi) is 14.1. The van der Waals surface area contributed by atoms with Crippen molar-refractivity contribution in [1.29, 1.82) is 0 Å². The molecule has 0 fully saturated rings. The molecular weight excluding hydrogens is 594 g/mol. The molecule has 0 unspecified atom stereocenters. The number of hydrogen-bond donors (Lipinski definition) is 0. The van der Waals surface area contributed by atoms with Crippen LogP contribution in [0.2, 0.25) is 5.32 Å². The van der Waals surface area contributed by atoms with Crippen LogP contribution < -0.4 is 0 Å². The second kappa shape index (κ2) is 13.8. The van der Waals surface area contributed by atoms with Crippen molar-refractivity contribution < 1.29 is 0 Å². The topological polar surface area (TPSA) is 0 Å². The van der Waals surface area contributed by atoms with Crippen LogP contribution in [0.4, 0.5) is 0 Å². The van der Waals surface area contributed by atoms with Crippen molar-refractivity contribution in [3.05, 3.63) is 35.4 Å². The molecule has 16 heavy (non-hydrogen) atoms. The molecule has 0 aromatic carbocycles. The summed E-state index contributed by atoms with van der Waals surface area (Å²) in [6.07, 6.45) is 15.3. The molecule has 1 rings (SSSR count). The minimum atomic E-state index is 0.850. The zero-order valence-corrected chi connectivity index (χ0v) is 19.0. The fourth-order valence-electron chi connectivity index (χ4n) is 0.919. The van der Waals surface area contributed by atoms with Gasteiger partial charge in [-0.3, -0.25) is 0 Å². The van der Waals surface area contributed by atoms with Crippen molar-refractivity contribution in [2.75, 3.05) is 0 Å². The van der Waals surface area contributed by atoms with E-state index in [-0.39, 0.29) is 0 Å². The first kappa shape index (κ1) is 16.4. The molecule has 1 aliphatic heterocycles. The third kappa shape index (κ3) is 11.4. The van der Waals surface area contributed by atoms with Gasteiger partial charge in [0.2, 0.25) is 0 Å². The van der Waals surface area contributed by atoms with Crippen LogP contribution in [0.25, 0.3) is 0 Å². The molecule has 0 nitrogen and oxygen atoms in total. The Balaban J connectivity index is 2.23. The van der Waals surface area contributed by atoms with E-state index < -0.39 is 0 Å². The standard InChI is InChI=1S/C10H14Se6/c1-2-4-6-8-10-12-14-16-15-13-11-9-7-5-3-1/h1-3,5,7,9H,4,6,8,10H2/b2-1+,5-3?,9-7?. The van der Waals surface area contributed by atoms with Crippen LogP contribution in [0.5, 0.6) is 0 Å². The van der Waals surface area contributed by atoms with Gasteiger partial charge in [-0.15, -0.1) is 0 Å². The summed E-state index contributed by atoms with van der Waals surface area (Å²) >= 11 is 6.23. The Morgan fingerprint density at radius 1 is 0.750 bits per heavy atom. The Morgan fingerprint density at radius 2 is 1.62 bits per heavy atom. The van der Waals surface area contributed by atoms with Crippen LogP contribution in [0.1, 0.15) is 19.3 Å². The predicted molar refractivity (Wildman–Crippen MR) is 80.6 cm³/mol. The van der Waals surface area contributed by atoms with Gasteiger partial charge >= 0.3 is 131 Å². The fourth-order valence-corrected chi connectivity index (χ4v) is 124. The summed E-state index contributed by atoms with van der Waals surface area (Å²) in [7, 11) is 0. The van der Waals surface area contributed by atoms with Crippen LogP contribution >= 0.6 is 0 Å². The van der Waals surface area contributed by atoms with Crippen molar-refractivity contribution in [3.63, 3.8) is 0 Å². The van der Waals surface area contributed by atoms with Crippen molar-refractivity contribution in [3.8, 4) is 0 Å². The zero-order valence-electron chi connectivity index (χ0n) is 8.74. The summed E-state index contributed by atoms with van der Waals surface area (Å²) in [5.41, 5.74) is 0. The van der Waals surface area contributed by atoms with E-state index in [9.17, 15) is 0 Å². The summed E-state index contributed by atoms with van der Waals surface area (Å²) in [5, 5.41) is 1.56. The van der Waals surface area contributed by atoms with Gasteiger partial charge in [0.25, 0.3) is 0 Å². The summed E-state index contributed by atoms with van der Waals surface area (Å²) in [6, 6.07) is 0. The summed E-state index contributed by atoms with van der Waals surface area (Å²) in [4.78, 5) is 2.42. The van der Waals surface area contributed by atoms with E-state index in [0.29, 0.717) is 0 Å². The molecule has 0 aliphatic carbocycles. The summed E-state index contributed by atoms with van der Waals surface area (Å²) < 4.78 is 0. The molecule has 0 saturated heterocycles. The van der Waals surface area contributed by atoms with Gasteiger partial charge in [0.1, 0.15) is 0 Å². The first-order valence-electron chi connectivity index (χ1n) is 4.93. The molecule has 0 saturated carbocycles. The normalized spacial score (nSPS) is 23.0. The van der Waals surface area contributed by atoms with Crippen LogP contribution in [0.3, 0.4) is 0 Å². The van der Waals surface area contributed by atoms with Gasteiger partial charge in [0.05, 0.1) is 0 Å². The van der Waals surface area contributed by atoms with Crippen molar-refractivity contribution >= 4 is 71.5 Å². The van der Waals surface area contributed by atoms with E-state index in [2.05, 4.69) is 35.4 Å². The monoisotopic (exact) mass is 614 g/mol. The van der Waals surface area contributed by atoms with Crippen LogP contribution in [-0.4, -0.2) is 71.5 Å². The van der Waals surface area contributed by atoms with Gasteiger partial charge in [-0.25, -0.2) is 0 Å². The van der Waals surface area contributed by atoms with Crippen LogP contribution in [0.15, 0.2) is 35.4 Å². The maximum absolute atomic E-state index is 2.42. The summed E-state index contributed by atoms with van der Waals surface area (Å²) in [5.74, 6) is 0. The molecular formula is C10H14Se6. The maximum atomic E-state index is 2.42. The minimum absolute atomic E-state index is 0.850. The van der Waals surface area contributed by atoms with Crippen LogP contribution in [0, 0.1) is 0 Å². The molecule has 1 aliphatic rings. The van der Waals surface area contributed by atoms with Gasteiger partial charge in [0.15, 0.2) is 0 Å². The molecule has 0 radical (unpaired) electrons. The zero-order chi connectivity index (χ0) is 11.3. The average Bonchev–Trinajstić information content (AvgIpc) is 2.29. The molecule has 0 atom stereocenters. The number of rotatable bonds is 0. The molecule has 0 aromatic rings. The van der Waals surface area contributed by atoms with Gasteiger partial charge in [-0.05, 0) is 0 Å². The number of hydrogen-bond acceptors (Lipinski definition) is 0. The Labute approximate surface area is 129 Å². The Hall–Kier alpha value is 2.34. The first-order chi connectivity index (χ1) is 8.00.